The number of hydrogen-bond donors (Lipinski definition) is 2. The number of aromatic amines is 1. The van der Waals surface area contributed by atoms with E-state index in [1.807, 2.05) is 6.92 Å². The second kappa shape index (κ2) is 5.69. The average molecular weight is 307 g/mol. The summed E-state index contributed by atoms with van der Waals surface area (Å²) in [6, 6.07) is 0. The van der Waals surface area contributed by atoms with Crippen LogP contribution in [0.2, 0.25) is 0 Å². The average Bonchev–Trinajstić information content (AvgIpc) is 2.93. The number of H-pyrrole nitrogens is 1. The van der Waals surface area contributed by atoms with E-state index in [0.717, 1.165) is 10.6 Å². The number of thiazole rings is 1. The highest BCUT2D eigenvalue weighted by Crippen LogP contribution is 2.21. The number of rotatable bonds is 4. The molecule has 2 aromatic heterocycles. The SMILES string of the molecule is Cc1ncsc1CN(C)C(=O)c1c(C)[nH]c(C(=O)O)c1C. The van der Waals surface area contributed by atoms with Crippen LogP contribution in [0.5, 0.6) is 0 Å². The fourth-order valence-corrected chi connectivity index (χ4v) is 3.07. The Morgan fingerprint density at radius 3 is 2.52 bits per heavy atom. The third-order valence-corrected chi connectivity index (χ3v) is 4.36. The van der Waals surface area contributed by atoms with E-state index >= 15 is 0 Å². The first-order valence-corrected chi connectivity index (χ1v) is 7.27. The molecule has 0 saturated carbocycles. The van der Waals surface area contributed by atoms with E-state index in [1.165, 1.54) is 11.3 Å². The Hall–Kier alpha value is -2.15. The molecule has 0 aromatic carbocycles. The van der Waals surface area contributed by atoms with Gasteiger partial charge in [0.2, 0.25) is 0 Å². The van der Waals surface area contributed by atoms with Gasteiger partial charge in [0.25, 0.3) is 5.91 Å². The molecule has 0 radical (unpaired) electrons. The van der Waals surface area contributed by atoms with Crippen LogP contribution in [0.4, 0.5) is 0 Å². The molecule has 0 fully saturated rings. The van der Waals surface area contributed by atoms with Crippen molar-refractivity contribution in [3.05, 3.63) is 38.6 Å². The molecular formula is C14H17N3O3S. The van der Waals surface area contributed by atoms with Gasteiger partial charge in [0.1, 0.15) is 5.69 Å². The summed E-state index contributed by atoms with van der Waals surface area (Å²) >= 11 is 1.50. The monoisotopic (exact) mass is 307 g/mol. The number of aromatic nitrogens is 2. The maximum Gasteiger partial charge on any atom is 0.352 e. The number of hydrogen-bond acceptors (Lipinski definition) is 4. The summed E-state index contributed by atoms with van der Waals surface area (Å²) in [5.41, 5.74) is 4.20. The normalized spacial score (nSPS) is 10.7. The molecule has 6 nitrogen and oxygen atoms in total. The molecular weight excluding hydrogens is 290 g/mol. The highest BCUT2D eigenvalue weighted by atomic mass is 32.1. The van der Waals surface area contributed by atoms with E-state index in [9.17, 15) is 9.59 Å². The molecule has 2 aromatic rings. The molecule has 0 aliphatic rings. The first-order chi connectivity index (χ1) is 9.82. The van der Waals surface area contributed by atoms with Crippen molar-refractivity contribution in [2.75, 3.05) is 7.05 Å². The van der Waals surface area contributed by atoms with Crippen molar-refractivity contribution in [1.82, 2.24) is 14.9 Å². The smallest absolute Gasteiger partial charge is 0.352 e. The molecule has 0 aliphatic carbocycles. The van der Waals surface area contributed by atoms with Crippen molar-refractivity contribution >= 4 is 23.2 Å². The van der Waals surface area contributed by atoms with Crippen LogP contribution < -0.4 is 0 Å². The predicted octanol–water partition coefficient (Wildman–Crippen LogP) is 2.37. The minimum atomic E-state index is -1.06. The summed E-state index contributed by atoms with van der Waals surface area (Å²) in [7, 11) is 1.70. The summed E-state index contributed by atoms with van der Waals surface area (Å²) in [6.07, 6.45) is 0. The summed E-state index contributed by atoms with van der Waals surface area (Å²) in [4.78, 5) is 33.2. The van der Waals surface area contributed by atoms with E-state index in [-0.39, 0.29) is 11.6 Å². The zero-order valence-corrected chi connectivity index (χ0v) is 13.2. The van der Waals surface area contributed by atoms with Gasteiger partial charge in [-0.3, -0.25) is 4.79 Å². The lowest BCUT2D eigenvalue weighted by Gasteiger charge is -2.17. The Kier molecular flexibility index (Phi) is 4.13. The molecule has 0 unspecified atom stereocenters. The van der Waals surface area contributed by atoms with E-state index < -0.39 is 5.97 Å². The van der Waals surface area contributed by atoms with Crippen LogP contribution in [0, 0.1) is 20.8 Å². The Balaban J connectivity index is 2.28. The predicted molar refractivity (Wildman–Crippen MR) is 79.9 cm³/mol. The van der Waals surface area contributed by atoms with E-state index in [2.05, 4.69) is 9.97 Å². The van der Waals surface area contributed by atoms with Crippen LogP contribution in [0.25, 0.3) is 0 Å². The van der Waals surface area contributed by atoms with Gasteiger partial charge in [-0.1, -0.05) is 0 Å². The van der Waals surface area contributed by atoms with Gasteiger partial charge in [-0.05, 0) is 26.3 Å². The van der Waals surface area contributed by atoms with Gasteiger partial charge in [-0.25, -0.2) is 9.78 Å². The van der Waals surface area contributed by atoms with Gasteiger partial charge in [0, 0.05) is 17.6 Å². The lowest BCUT2D eigenvalue weighted by molar-refractivity contribution is 0.0690. The quantitative estimate of drug-likeness (QED) is 0.908. The zero-order valence-electron chi connectivity index (χ0n) is 12.4. The van der Waals surface area contributed by atoms with Crippen molar-refractivity contribution in [1.29, 1.82) is 0 Å². The molecule has 0 bridgehead atoms. The molecule has 2 N–H and O–H groups in total. The Bertz CT molecular complexity index is 702. The number of aryl methyl sites for hydroxylation is 2. The number of nitrogens with one attached hydrogen (secondary N) is 1. The minimum absolute atomic E-state index is 0.0678. The maximum atomic E-state index is 12.6. The third kappa shape index (κ3) is 2.82. The Morgan fingerprint density at radius 2 is 2.05 bits per heavy atom. The van der Waals surface area contributed by atoms with Gasteiger partial charge < -0.3 is 15.0 Å². The van der Waals surface area contributed by atoms with Gasteiger partial charge >= 0.3 is 5.97 Å². The number of nitrogens with zero attached hydrogens (tertiary/aromatic N) is 2. The second-order valence-corrected chi connectivity index (χ2v) is 5.89. The molecule has 1 amide bonds. The second-order valence-electron chi connectivity index (χ2n) is 4.95. The first-order valence-electron chi connectivity index (χ1n) is 6.39. The van der Waals surface area contributed by atoms with Crippen molar-refractivity contribution in [2.24, 2.45) is 0 Å². The van der Waals surface area contributed by atoms with Crippen LogP contribution >= 0.6 is 11.3 Å². The third-order valence-electron chi connectivity index (χ3n) is 3.44. The molecule has 7 heteroatoms. The number of carbonyl (C=O) groups is 2. The molecule has 0 saturated heterocycles. The fraction of sp³-hybridized carbons (Fsp3) is 0.357. The largest absolute Gasteiger partial charge is 0.477 e. The van der Waals surface area contributed by atoms with Gasteiger partial charge in [-0.15, -0.1) is 11.3 Å². The number of carboxylic acids is 1. The van der Waals surface area contributed by atoms with E-state index in [1.54, 1.807) is 31.3 Å². The van der Waals surface area contributed by atoms with Crippen LogP contribution in [0.1, 0.15) is 42.7 Å². The van der Waals surface area contributed by atoms with E-state index in [0.29, 0.717) is 23.4 Å². The molecule has 0 atom stereocenters. The highest BCUT2D eigenvalue weighted by Gasteiger charge is 2.24. The summed E-state index contributed by atoms with van der Waals surface area (Å²) in [5, 5.41) is 9.10. The van der Waals surface area contributed by atoms with Crippen LogP contribution in [0.3, 0.4) is 0 Å². The summed E-state index contributed by atoms with van der Waals surface area (Å²) in [6.45, 7) is 5.71. The van der Waals surface area contributed by atoms with Gasteiger partial charge in [-0.2, -0.15) is 0 Å². The number of amides is 1. The van der Waals surface area contributed by atoms with Crippen LogP contribution in [0.15, 0.2) is 5.51 Å². The number of carboxylic acid groups (broad SMARTS) is 1. The Morgan fingerprint density at radius 1 is 1.38 bits per heavy atom. The van der Waals surface area contributed by atoms with Gasteiger partial charge in [0.15, 0.2) is 0 Å². The number of aromatic carboxylic acids is 1. The van der Waals surface area contributed by atoms with Crippen molar-refractivity contribution in [3.8, 4) is 0 Å². The topological polar surface area (TPSA) is 86.3 Å². The zero-order chi connectivity index (χ0) is 15.7. The van der Waals surface area contributed by atoms with Gasteiger partial charge in [0.05, 0.1) is 23.3 Å². The molecule has 21 heavy (non-hydrogen) atoms. The lowest BCUT2D eigenvalue weighted by Crippen LogP contribution is -2.27. The molecule has 2 rings (SSSR count). The maximum absolute atomic E-state index is 12.6. The lowest BCUT2D eigenvalue weighted by atomic mass is 10.1. The molecule has 0 spiro atoms. The molecule has 2 heterocycles. The molecule has 0 aliphatic heterocycles. The van der Waals surface area contributed by atoms with Crippen molar-refractivity contribution in [2.45, 2.75) is 27.3 Å². The standard InChI is InChI=1S/C14H17N3O3S/c1-7-11(9(3)16-12(7)14(19)20)13(18)17(4)5-10-8(2)15-6-21-10/h6,16H,5H2,1-4H3,(H,19,20). The minimum Gasteiger partial charge on any atom is -0.477 e. The van der Waals surface area contributed by atoms with E-state index in [4.69, 9.17) is 5.11 Å². The fourth-order valence-electron chi connectivity index (χ4n) is 2.24. The van der Waals surface area contributed by atoms with Crippen LogP contribution in [-0.4, -0.2) is 38.9 Å². The van der Waals surface area contributed by atoms with Crippen molar-refractivity contribution in [3.63, 3.8) is 0 Å². The van der Waals surface area contributed by atoms with Crippen molar-refractivity contribution < 1.29 is 14.7 Å². The van der Waals surface area contributed by atoms with Crippen LogP contribution in [-0.2, 0) is 6.54 Å². The summed E-state index contributed by atoms with van der Waals surface area (Å²) < 4.78 is 0. The number of carbonyl (C=O) groups excluding carboxylic acids is 1. The first kappa shape index (κ1) is 15.2. The molecule has 112 valence electrons. The summed E-state index contributed by atoms with van der Waals surface area (Å²) in [5.74, 6) is -1.25. The Labute approximate surface area is 126 Å². The highest BCUT2D eigenvalue weighted by molar-refractivity contribution is 7.09.